The third kappa shape index (κ3) is 3.27. The van der Waals surface area contributed by atoms with E-state index in [9.17, 15) is 14.0 Å². The zero-order valence-electron chi connectivity index (χ0n) is 14.8. The molecule has 0 heterocycles. The molecule has 2 atom stereocenters. The third-order valence-corrected chi connectivity index (χ3v) is 4.46. The van der Waals surface area contributed by atoms with Crippen LogP contribution in [0.1, 0.15) is 42.1 Å². The maximum Gasteiger partial charge on any atom is 0.265 e. The number of nitrogens with one attached hydrogen (secondary N) is 1. The number of carbonyl (C=O) groups is 2. The lowest BCUT2D eigenvalue weighted by Gasteiger charge is -2.18. The Labute approximate surface area is 151 Å². The fraction of sp³-hybridized carbons (Fsp3) is 0.300. The average Bonchev–Trinajstić information content (AvgIpc) is 2.93. The Bertz CT molecular complexity index is 865. The van der Waals surface area contributed by atoms with Crippen LogP contribution in [0.5, 0.6) is 11.5 Å². The second-order valence-corrected chi connectivity index (χ2v) is 6.31. The summed E-state index contributed by atoms with van der Waals surface area (Å²) >= 11 is 0. The van der Waals surface area contributed by atoms with Crippen LogP contribution in [-0.2, 0) is 4.79 Å². The number of hydrogen-bond donors (Lipinski definition) is 1. The van der Waals surface area contributed by atoms with Crippen molar-refractivity contribution in [3.63, 3.8) is 0 Å². The molecule has 0 saturated carbocycles. The van der Waals surface area contributed by atoms with E-state index in [0.717, 1.165) is 0 Å². The fourth-order valence-corrected chi connectivity index (χ4v) is 3.15. The van der Waals surface area contributed by atoms with Gasteiger partial charge >= 0.3 is 0 Å². The van der Waals surface area contributed by atoms with E-state index >= 15 is 0 Å². The van der Waals surface area contributed by atoms with E-state index < -0.39 is 17.8 Å². The standard InChI is InChI=1S/C20H20FNO4/c1-11-10-15(23)19-17(9-8-13(21)18(11)19)26-12(2)20(24)22-14-6-4-5-7-16(14)25-3/h4-9,11-12H,10H2,1-3H3,(H,22,24)/t11-,12-/m0/s1. The summed E-state index contributed by atoms with van der Waals surface area (Å²) < 4.78 is 25.0. The number of anilines is 1. The summed E-state index contributed by atoms with van der Waals surface area (Å²) in [6, 6.07) is 9.68. The Morgan fingerprint density at radius 1 is 1.23 bits per heavy atom. The third-order valence-electron chi connectivity index (χ3n) is 4.46. The van der Waals surface area contributed by atoms with Crippen molar-refractivity contribution in [3.8, 4) is 11.5 Å². The number of rotatable bonds is 5. The van der Waals surface area contributed by atoms with Gasteiger partial charge in [0.15, 0.2) is 11.9 Å². The van der Waals surface area contributed by atoms with E-state index in [0.29, 0.717) is 17.0 Å². The number of methoxy groups -OCH3 is 1. The molecule has 0 spiro atoms. The van der Waals surface area contributed by atoms with E-state index in [-0.39, 0.29) is 29.4 Å². The van der Waals surface area contributed by atoms with Crippen LogP contribution in [0, 0.1) is 5.82 Å². The largest absolute Gasteiger partial charge is 0.495 e. The minimum Gasteiger partial charge on any atom is -0.495 e. The molecular weight excluding hydrogens is 337 g/mol. The van der Waals surface area contributed by atoms with Crippen molar-refractivity contribution in [3.05, 3.63) is 53.3 Å². The van der Waals surface area contributed by atoms with Gasteiger partial charge in [-0.1, -0.05) is 19.1 Å². The predicted octanol–water partition coefficient (Wildman–Crippen LogP) is 3.93. The van der Waals surface area contributed by atoms with Gasteiger partial charge in [-0.25, -0.2) is 4.39 Å². The Balaban J connectivity index is 1.80. The van der Waals surface area contributed by atoms with Crippen LogP contribution in [0.15, 0.2) is 36.4 Å². The Kier molecular flexibility index (Phi) is 4.93. The number of carbonyl (C=O) groups excluding carboxylic acids is 2. The SMILES string of the molecule is COc1ccccc1NC(=O)[C@H](C)Oc1ccc(F)c2c1C(=O)C[C@@H]2C. The molecule has 0 aromatic heterocycles. The molecule has 1 amide bonds. The number of fused-ring (bicyclic) bond motifs is 1. The molecule has 0 unspecified atom stereocenters. The number of ketones is 1. The number of hydrogen-bond acceptors (Lipinski definition) is 4. The number of para-hydroxylation sites is 2. The van der Waals surface area contributed by atoms with Crippen molar-refractivity contribution in [2.45, 2.75) is 32.3 Å². The zero-order valence-corrected chi connectivity index (χ0v) is 14.8. The van der Waals surface area contributed by atoms with Crippen molar-refractivity contribution < 1.29 is 23.5 Å². The maximum atomic E-state index is 14.1. The van der Waals surface area contributed by atoms with Crippen molar-refractivity contribution >= 4 is 17.4 Å². The summed E-state index contributed by atoms with van der Waals surface area (Å²) in [7, 11) is 1.51. The van der Waals surface area contributed by atoms with E-state index in [1.54, 1.807) is 38.1 Å². The van der Waals surface area contributed by atoms with Gasteiger partial charge in [-0.3, -0.25) is 9.59 Å². The van der Waals surface area contributed by atoms with Crippen LogP contribution in [-0.4, -0.2) is 24.9 Å². The van der Waals surface area contributed by atoms with Crippen molar-refractivity contribution in [2.75, 3.05) is 12.4 Å². The number of benzene rings is 2. The second-order valence-electron chi connectivity index (χ2n) is 6.31. The topological polar surface area (TPSA) is 64.6 Å². The number of halogens is 1. The first-order chi connectivity index (χ1) is 12.4. The van der Waals surface area contributed by atoms with Gasteiger partial charge in [-0.2, -0.15) is 0 Å². The van der Waals surface area contributed by atoms with Crippen LogP contribution in [0.2, 0.25) is 0 Å². The second kappa shape index (κ2) is 7.15. The predicted molar refractivity (Wildman–Crippen MR) is 95.5 cm³/mol. The van der Waals surface area contributed by atoms with Crippen molar-refractivity contribution in [1.29, 1.82) is 0 Å². The maximum absolute atomic E-state index is 14.1. The molecule has 0 fully saturated rings. The lowest BCUT2D eigenvalue weighted by molar-refractivity contribution is -0.122. The van der Waals surface area contributed by atoms with Crippen LogP contribution in [0.3, 0.4) is 0 Å². The van der Waals surface area contributed by atoms with E-state index in [4.69, 9.17) is 9.47 Å². The summed E-state index contributed by atoms with van der Waals surface area (Å²) in [5.41, 5.74) is 1.13. The molecule has 1 N–H and O–H groups in total. The molecule has 0 radical (unpaired) electrons. The molecule has 6 heteroatoms. The molecule has 2 aromatic carbocycles. The molecule has 1 aliphatic carbocycles. The molecule has 0 aliphatic heterocycles. The van der Waals surface area contributed by atoms with Crippen molar-refractivity contribution in [2.24, 2.45) is 0 Å². The quantitative estimate of drug-likeness (QED) is 0.881. The summed E-state index contributed by atoms with van der Waals surface area (Å²) in [6.07, 6.45) is -0.632. The fourth-order valence-electron chi connectivity index (χ4n) is 3.15. The van der Waals surface area contributed by atoms with E-state index in [1.807, 2.05) is 0 Å². The van der Waals surface area contributed by atoms with Crippen LogP contribution >= 0.6 is 0 Å². The molecule has 26 heavy (non-hydrogen) atoms. The molecular formula is C20H20FNO4. The first-order valence-electron chi connectivity index (χ1n) is 8.38. The smallest absolute Gasteiger partial charge is 0.265 e. The van der Waals surface area contributed by atoms with Gasteiger partial charge in [0.25, 0.3) is 5.91 Å². The van der Waals surface area contributed by atoms with Crippen molar-refractivity contribution in [1.82, 2.24) is 0 Å². The first kappa shape index (κ1) is 17.9. The minimum atomic E-state index is -0.877. The van der Waals surface area contributed by atoms with Gasteiger partial charge in [0.1, 0.15) is 17.3 Å². The van der Waals surface area contributed by atoms with Gasteiger partial charge in [0, 0.05) is 12.0 Å². The normalized spacial score (nSPS) is 16.8. The Hall–Kier alpha value is -2.89. The number of Topliss-reactive ketones (excluding diaryl/α,β-unsaturated/α-hetero) is 1. The summed E-state index contributed by atoms with van der Waals surface area (Å²) in [4.78, 5) is 24.7. The van der Waals surface area contributed by atoms with E-state index in [1.165, 1.54) is 19.2 Å². The van der Waals surface area contributed by atoms with Crippen LogP contribution < -0.4 is 14.8 Å². The van der Waals surface area contributed by atoms with Gasteiger partial charge < -0.3 is 14.8 Å². The Morgan fingerprint density at radius 2 is 1.96 bits per heavy atom. The van der Waals surface area contributed by atoms with Gasteiger partial charge in [0.2, 0.25) is 0 Å². The molecule has 1 aliphatic rings. The van der Waals surface area contributed by atoms with Gasteiger partial charge in [-0.15, -0.1) is 0 Å². The zero-order chi connectivity index (χ0) is 18.8. The molecule has 136 valence electrons. The summed E-state index contributed by atoms with van der Waals surface area (Å²) in [5.74, 6) is -0.417. The molecule has 2 aromatic rings. The van der Waals surface area contributed by atoms with Crippen LogP contribution in [0.25, 0.3) is 0 Å². The highest BCUT2D eigenvalue weighted by Gasteiger charge is 2.33. The average molecular weight is 357 g/mol. The highest BCUT2D eigenvalue weighted by molar-refractivity contribution is 6.04. The van der Waals surface area contributed by atoms with Gasteiger partial charge in [-0.05, 0) is 37.1 Å². The summed E-state index contributed by atoms with van der Waals surface area (Å²) in [6.45, 7) is 3.37. The molecule has 5 nitrogen and oxygen atoms in total. The van der Waals surface area contributed by atoms with Gasteiger partial charge in [0.05, 0.1) is 18.4 Å². The lowest BCUT2D eigenvalue weighted by Crippen LogP contribution is -2.30. The highest BCUT2D eigenvalue weighted by Crippen LogP contribution is 2.40. The highest BCUT2D eigenvalue weighted by atomic mass is 19.1. The monoisotopic (exact) mass is 357 g/mol. The first-order valence-corrected chi connectivity index (χ1v) is 8.38. The number of amides is 1. The minimum absolute atomic E-state index is 0.167. The molecule has 0 bridgehead atoms. The molecule has 0 saturated heterocycles. The number of ether oxygens (including phenoxy) is 2. The summed E-state index contributed by atoms with van der Waals surface area (Å²) in [5, 5.41) is 2.73. The lowest BCUT2D eigenvalue weighted by atomic mass is 10.0. The molecule has 3 rings (SSSR count). The van der Waals surface area contributed by atoms with E-state index in [2.05, 4.69) is 5.32 Å². The van der Waals surface area contributed by atoms with Crippen LogP contribution in [0.4, 0.5) is 10.1 Å². The Morgan fingerprint density at radius 3 is 2.69 bits per heavy atom.